The second-order valence-corrected chi connectivity index (χ2v) is 9.43. The highest BCUT2D eigenvalue weighted by atomic mass is 32.2. The van der Waals surface area contributed by atoms with Crippen molar-refractivity contribution in [2.45, 2.75) is 37.0 Å². The van der Waals surface area contributed by atoms with Crippen LogP contribution in [0.3, 0.4) is 0 Å². The largest absolute Gasteiger partial charge is 0.484 e. The molecule has 0 spiro atoms. The van der Waals surface area contributed by atoms with Crippen LogP contribution in [0.4, 0.5) is 10.1 Å². The molecule has 2 aromatic carbocycles. The van der Waals surface area contributed by atoms with E-state index in [0.29, 0.717) is 23.9 Å². The van der Waals surface area contributed by atoms with Gasteiger partial charge in [-0.15, -0.1) is 0 Å². The van der Waals surface area contributed by atoms with Crippen molar-refractivity contribution in [1.29, 1.82) is 0 Å². The molecule has 8 heteroatoms. The molecule has 0 saturated heterocycles. The highest BCUT2D eigenvalue weighted by molar-refractivity contribution is 7.92. The molecule has 1 aliphatic rings. The number of hydrogen-bond acceptors (Lipinski definition) is 4. The minimum Gasteiger partial charge on any atom is -0.484 e. The summed E-state index contributed by atoms with van der Waals surface area (Å²) in [5.74, 6) is 0.0182. The average molecular weight is 435 g/mol. The van der Waals surface area contributed by atoms with Crippen LogP contribution in [-0.2, 0) is 14.8 Å². The van der Waals surface area contributed by atoms with Crippen LogP contribution in [0.15, 0.2) is 53.4 Å². The van der Waals surface area contributed by atoms with Crippen LogP contribution >= 0.6 is 0 Å². The average Bonchev–Trinajstić information content (AvgIpc) is 2.77. The lowest BCUT2D eigenvalue weighted by Crippen LogP contribution is -2.33. The number of carbonyl (C=O) groups excluding carboxylic acids is 1. The van der Waals surface area contributed by atoms with E-state index < -0.39 is 15.8 Å². The number of anilines is 1. The van der Waals surface area contributed by atoms with Crippen LogP contribution in [0.5, 0.6) is 5.75 Å². The van der Waals surface area contributed by atoms with E-state index in [2.05, 4.69) is 5.32 Å². The molecule has 6 nitrogen and oxygen atoms in total. The second-order valence-electron chi connectivity index (χ2n) is 7.49. The molecule has 1 aliphatic carbocycles. The van der Waals surface area contributed by atoms with Gasteiger partial charge in [-0.1, -0.05) is 31.4 Å². The number of ether oxygens (including phenoxy) is 1. The van der Waals surface area contributed by atoms with E-state index in [4.69, 9.17) is 4.74 Å². The normalized spacial score (nSPS) is 14.9. The maximum Gasteiger partial charge on any atom is 0.266 e. The van der Waals surface area contributed by atoms with Crippen molar-refractivity contribution < 1.29 is 22.3 Å². The summed E-state index contributed by atoms with van der Waals surface area (Å²) in [4.78, 5) is 11.6. The predicted molar refractivity (Wildman–Crippen MR) is 114 cm³/mol. The Morgan fingerprint density at radius 3 is 2.43 bits per heavy atom. The zero-order valence-electron chi connectivity index (χ0n) is 17.0. The van der Waals surface area contributed by atoms with Crippen LogP contribution < -0.4 is 14.4 Å². The molecule has 3 rings (SSSR count). The fourth-order valence-corrected chi connectivity index (χ4v) is 4.80. The lowest BCUT2D eigenvalue weighted by atomic mass is 9.89. The molecule has 2 aromatic rings. The minimum absolute atomic E-state index is 0.102. The Labute approximate surface area is 177 Å². The highest BCUT2D eigenvalue weighted by Crippen LogP contribution is 2.26. The van der Waals surface area contributed by atoms with Crippen molar-refractivity contribution in [3.63, 3.8) is 0 Å². The zero-order valence-corrected chi connectivity index (χ0v) is 17.8. The minimum atomic E-state index is -4.03. The topological polar surface area (TPSA) is 75.7 Å². The predicted octanol–water partition coefficient (Wildman–Crippen LogP) is 3.73. The van der Waals surface area contributed by atoms with Crippen molar-refractivity contribution in [3.05, 3.63) is 54.3 Å². The summed E-state index contributed by atoms with van der Waals surface area (Å²) >= 11 is 0. The molecule has 0 heterocycles. The van der Waals surface area contributed by atoms with Crippen molar-refractivity contribution >= 4 is 21.6 Å². The Morgan fingerprint density at radius 1 is 1.10 bits per heavy atom. The molecule has 30 heavy (non-hydrogen) atoms. The summed E-state index contributed by atoms with van der Waals surface area (Å²) in [5, 5.41) is 2.91. The molecular weight excluding hydrogens is 407 g/mol. The van der Waals surface area contributed by atoms with Crippen molar-refractivity contribution in [2.24, 2.45) is 5.92 Å². The number of nitrogens with one attached hydrogen (secondary N) is 1. The maximum absolute atomic E-state index is 13.9. The molecule has 1 fully saturated rings. The lowest BCUT2D eigenvalue weighted by Gasteiger charge is -2.21. The number of sulfonamides is 1. The number of carbonyl (C=O) groups is 1. The summed E-state index contributed by atoms with van der Waals surface area (Å²) < 4.78 is 45.7. The van der Waals surface area contributed by atoms with E-state index in [-0.39, 0.29) is 17.4 Å². The first-order valence-corrected chi connectivity index (χ1v) is 11.5. The molecule has 1 saturated carbocycles. The first-order valence-electron chi connectivity index (χ1n) is 10.1. The Morgan fingerprint density at radius 2 is 1.77 bits per heavy atom. The Hall–Kier alpha value is -2.61. The number of rotatable bonds is 8. The summed E-state index contributed by atoms with van der Waals surface area (Å²) in [6, 6.07) is 11.5. The highest BCUT2D eigenvalue weighted by Gasteiger charge is 2.24. The molecule has 162 valence electrons. The molecule has 0 aliphatic heterocycles. The van der Waals surface area contributed by atoms with Gasteiger partial charge in [0.2, 0.25) is 0 Å². The third-order valence-corrected chi connectivity index (χ3v) is 7.18. The fraction of sp³-hybridized carbons (Fsp3) is 0.409. The second kappa shape index (κ2) is 9.93. The van der Waals surface area contributed by atoms with E-state index in [0.717, 1.165) is 23.2 Å². The van der Waals surface area contributed by atoms with E-state index in [1.54, 1.807) is 24.3 Å². The van der Waals surface area contributed by atoms with E-state index in [9.17, 15) is 17.6 Å². The van der Waals surface area contributed by atoms with Gasteiger partial charge in [0.15, 0.2) is 6.61 Å². The van der Waals surface area contributed by atoms with Gasteiger partial charge in [-0.3, -0.25) is 9.10 Å². The summed E-state index contributed by atoms with van der Waals surface area (Å²) in [6.07, 6.45) is 6.05. The molecule has 1 N–H and O–H groups in total. The lowest BCUT2D eigenvalue weighted by molar-refractivity contribution is -0.123. The third-order valence-electron chi connectivity index (χ3n) is 5.36. The van der Waals surface area contributed by atoms with E-state index in [1.807, 2.05) is 0 Å². The number of nitrogens with zero attached hydrogens (tertiary/aromatic N) is 1. The van der Waals surface area contributed by atoms with Gasteiger partial charge in [-0.05, 0) is 55.2 Å². The number of hydrogen-bond donors (Lipinski definition) is 1. The van der Waals surface area contributed by atoms with Gasteiger partial charge in [0.25, 0.3) is 15.9 Å². The molecule has 1 amide bonds. The van der Waals surface area contributed by atoms with Gasteiger partial charge in [-0.2, -0.15) is 0 Å². The Balaban J connectivity index is 1.54. The van der Waals surface area contributed by atoms with E-state index >= 15 is 0 Å². The molecule has 0 aromatic heterocycles. The van der Waals surface area contributed by atoms with Gasteiger partial charge in [-0.25, -0.2) is 12.8 Å². The van der Waals surface area contributed by atoms with Crippen molar-refractivity contribution in [2.75, 3.05) is 24.5 Å². The number of benzene rings is 2. The molecule has 0 radical (unpaired) electrons. The van der Waals surface area contributed by atoms with Crippen LogP contribution in [-0.4, -0.2) is 34.5 Å². The fourth-order valence-electron chi connectivity index (χ4n) is 3.54. The van der Waals surface area contributed by atoms with E-state index in [1.165, 1.54) is 44.5 Å². The first kappa shape index (κ1) is 22.1. The third kappa shape index (κ3) is 5.50. The van der Waals surface area contributed by atoms with Gasteiger partial charge in [0.1, 0.15) is 16.5 Å². The summed E-state index contributed by atoms with van der Waals surface area (Å²) in [5.41, 5.74) is 0.354. The van der Waals surface area contributed by atoms with Crippen LogP contribution in [0, 0.1) is 11.7 Å². The maximum atomic E-state index is 13.9. The number of halogens is 1. The molecular formula is C22H27FN2O4S. The molecule has 0 bridgehead atoms. The monoisotopic (exact) mass is 434 g/mol. The van der Waals surface area contributed by atoms with Crippen LogP contribution in [0.1, 0.15) is 32.1 Å². The van der Waals surface area contributed by atoms with Crippen LogP contribution in [0.25, 0.3) is 0 Å². The molecule has 0 atom stereocenters. The standard InChI is InChI=1S/C22H27FN2O4S/c1-25(30(27,28)21-10-6-5-9-20(21)23)18-11-13-19(14-12-18)29-16-22(26)24-15-17-7-3-2-4-8-17/h5-6,9-14,17H,2-4,7-8,15-16H2,1H3,(H,24,26). The quantitative estimate of drug-likeness (QED) is 0.687. The molecule has 0 unspecified atom stereocenters. The number of amides is 1. The van der Waals surface area contributed by atoms with Gasteiger partial charge >= 0.3 is 0 Å². The van der Waals surface area contributed by atoms with Gasteiger partial charge in [0, 0.05) is 13.6 Å². The smallest absolute Gasteiger partial charge is 0.266 e. The van der Waals surface area contributed by atoms with Gasteiger partial charge in [0.05, 0.1) is 5.69 Å². The Kier molecular flexibility index (Phi) is 7.31. The summed E-state index contributed by atoms with van der Waals surface area (Å²) in [6.45, 7) is 0.579. The first-order chi connectivity index (χ1) is 14.4. The van der Waals surface area contributed by atoms with Crippen LogP contribution in [0.2, 0.25) is 0 Å². The van der Waals surface area contributed by atoms with Gasteiger partial charge < -0.3 is 10.1 Å². The Bertz CT molecular complexity index is 957. The zero-order chi connectivity index (χ0) is 21.6. The van der Waals surface area contributed by atoms with Crippen molar-refractivity contribution in [1.82, 2.24) is 5.32 Å². The SMILES string of the molecule is CN(c1ccc(OCC(=O)NCC2CCCCC2)cc1)S(=O)(=O)c1ccccc1F. The summed E-state index contributed by atoms with van der Waals surface area (Å²) in [7, 11) is -2.67. The van der Waals surface area contributed by atoms with Crippen molar-refractivity contribution in [3.8, 4) is 5.75 Å².